The van der Waals surface area contributed by atoms with Crippen molar-refractivity contribution >= 4 is 10.0 Å². The smallest absolute Gasteiger partial charge is 0.214 e. The number of rotatable bonds is 12. The van der Waals surface area contributed by atoms with Gasteiger partial charge >= 0.3 is 0 Å². The molecule has 0 radical (unpaired) electrons. The van der Waals surface area contributed by atoms with Gasteiger partial charge in [-0.3, -0.25) is 0 Å². The zero-order valence-electron chi connectivity index (χ0n) is 11.4. The second-order valence-corrected chi connectivity index (χ2v) is 6.14. The molecule has 0 amide bonds. The van der Waals surface area contributed by atoms with E-state index in [1.54, 1.807) is 14.2 Å². The number of unbranched alkanes of at least 4 members (excludes halogenated alkanes) is 1. The molecule has 0 aliphatic heterocycles. The first-order valence-corrected chi connectivity index (χ1v) is 7.85. The van der Waals surface area contributed by atoms with E-state index in [1.807, 2.05) is 0 Å². The van der Waals surface area contributed by atoms with E-state index in [0.717, 1.165) is 6.42 Å². The van der Waals surface area contributed by atoms with Crippen LogP contribution in [0.5, 0.6) is 0 Å². The average Bonchev–Trinajstić information content (AvgIpc) is 2.33. The summed E-state index contributed by atoms with van der Waals surface area (Å²) in [5, 5.41) is 0. The van der Waals surface area contributed by atoms with E-state index in [-0.39, 0.29) is 5.75 Å². The SMILES string of the molecule is COCCCN(CCOC)S(=O)(=O)CCCCN. The van der Waals surface area contributed by atoms with Crippen LogP contribution in [-0.2, 0) is 19.5 Å². The number of methoxy groups -OCH3 is 2. The van der Waals surface area contributed by atoms with Gasteiger partial charge in [0.25, 0.3) is 0 Å². The Hall–Kier alpha value is -0.210. The van der Waals surface area contributed by atoms with Crippen LogP contribution in [0.1, 0.15) is 19.3 Å². The molecular weight excluding hydrogens is 256 g/mol. The normalized spacial score (nSPS) is 12.2. The number of ether oxygens (including phenoxy) is 2. The lowest BCUT2D eigenvalue weighted by atomic mass is 10.3. The standard InChI is InChI=1S/C11H26N2O4S/c1-16-9-5-7-13(8-10-17-2)18(14,15)11-4-3-6-12/h3-12H2,1-2H3. The van der Waals surface area contributed by atoms with Crippen LogP contribution in [-0.4, -0.2) is 65.5 Å². The van der Waals surface area contributed by atoms with E-state index in [9.17, 15) is 8.42 Å². The van der Waals surface area contributed by atoms with Gasteiger partial charge < -0.3 is 15.2 Å². The van der Waals surface area contributed by atoms with E-state index >= 15 is 0 Å². The van der Waals surface area contributed by atoms with Gasteiger partial charge in [0.2, 0.25) is 10.0 Å². The number of nitrogens with two attached hydrogens (primary N) is 1. The van der Waals surface area contributed by atoms with E-state index in [0.29, 0.717) is 45.7 Å². The number of hydrogen-bond donors (Lipinski definition) is 1. The molecule has 0 fully saturated rings. The van der Waals surface area contributed by atoms with Gasteiger partial charge in [0.15, 0.2) is 0 Å². The molecule has 6 nitrogen and oxygen atoms in total. The van der Waals surface area contributed by atoms with Gasteiger partial charge in [-0.2, -0.15) is 4.31 Å². The molecule has 0 saturated heterocycles. The van der Waals surface area contributed by atoms with Gasteiger partial charge in [-0.1, -0.05) is 0 Å². The topological polar surface area (TPSA) is 81.9 Å². The van der Waals surface area contributed by atoms with Gasteiger partial charge in [-0.05, 0) is 25.8 Å². The number of hydrogen-bond acceptors (Lipinski definition) is 5. The van der Waals surface area contributed by atoms with Crippen LogP contribution in [0, 0.1) is 0 Å². The molecule has 0 aromatic carbocycles. The van der Waals surface area contributed by atoms with Crippen molar-refractivity contribution < 1.29 is 17.9 Å². The van der Waals surface area contributed by atoms with Crippen LogP contribution in [0.25, 0.3) is 0 Å². The maximum Gasteiger partial charge on any atom is 0.214 e. The third kappa shape index (κ3) is 7.99. The van der Waals surface area contributed by atoms with Crippen LogP contribution in [0.2, 0.25) is 0 Å². The Bertz CT molecular complexity index is 283. The van der Waals surface area contributed by atoms with Crippen LogP contribution in [0.15, 0.2) is 0 Å². The highest BCUT2D eigenvalue weighted by molar-refractivity contribution is 7.89. The largest absolute Gasteiger partial charge is 0.385 e. The molecule has 0 bridgehead atoms. The zero-order valence-corrected chi connectivity index (χ0v) is 12.2. The van der Waals surface area contributed by atoms with Crippen LogP contribution < -0.4 is 5.73 Å². The molecule has 0 aliphatic rings. The Balaban J connectivity index is 4.30. The summed E-state index contributed by atoms with van der Waals surface area (Å²) in [5.74, 6) is 0.154. The zero-order chi connectivity index (χ0) is 13.9. The average molecular weight is 282 g/mol. The molecule has 0 heterocycles. The van der Waals surface area contributed by atoms with E-state index < -0.39 is 10.0 Å². The fraction of sp³-hybridized carbons (Fsp3) is 1.00. The van der Waals surface area contributed by atoms with Gasteiger partial charge in [-0.15, -0.1) is 0 Å². The molecule has 0 spiro atoms. The first-order valence-electron chi connectivity index (χ1n) is 6.24. The molecule has 0 unspecified atom stereocenters. The van der Waals surface area contributed by atoms with Gasteiger partial charge in [0, 0.05) is 33.9 Å². The predicted octanol–water partition coefficient (Wildman–Crippen LogP) is 0.0400. The number of sulfonamides is 1. The number of nitrogens with zero attached hydrogens (tertiary/aromatic N) is 1. The lowest BCUT2D eigenvalue weighted by Crippen LogP contribution is -2.37. The van der Waals surface area contributed by atoms with E-state index in [4.69, 9.17) is 15.2 Å². The van der Waals surface area contributed by atoms with Gasteiger partial charge in [0.05, 0.1) is 12.4 Å². The molecule has 0 saturated carbocycles. The molecule has 0 atom stereocenters. The summed E-state index contributed by atoms with van der Waals surface area (Å²) in [6.45, 7) is 2.36. The molecule has 0 aliphatic carbocycles. The fourth-order valence-electron chi connectivity index (χ4n) is 1.53. The minimum Gasteiger partial charge on any atom is -0.385 e. The molecule has 0 rings (SSSR count). The third-order valence-electron chi connectivity index (χ3n) is 2.55. The Kier molecular flexibility index (Phi) is 10.6. The lowest BCUT2D eigenvalue weighted by Gasteiger charge is -2.21. The molecule has 110 valence electrons. The third-order valence-corrected chi connectivity index (χ3v) is 4.51. The maximum absolute atomic E-state index is 12.1. The van der Waals surface area contributed by atoms with Gasteiger partial charge in [-0.25, -0.2) is 8.42 Å². The molecule has 7 heteroatoms. The van der Waals surface area contributed by atoms with Crippen LogP contribution in [0.4, 0.5) is 0 Å². The van der Waals surface area contributed by atoms with Crippen molar-refractivity contribution in [2.45, 2.75) is 19.3 Å². The van der Waals surface area contributed by atoms with Crippen molar-refractivity contribution in [3.05, 3.63) is 0 Å². The maximum atomic E-state index is 12.1. The van der Waals surface area contributed by atoms with E-state index in [1.165, 1.54) is 4.31 Å². The summed E-state index contributed by atoms with van der Waals surface area (Å²) in [6, 6.07) is 0. The highest BCUT2D eigenvalue weighted by Gasteiger charge is 2.20. The summed E-state index contributed by atoms with van der Waals surface area (Å²) in [7, 11) is -0.0348. The van der Waals surface area contributed by atoms with Crippen molar-refractivity contribution in [1.29, 1.82) is 0 Å². The summed E-state index contributed by atoms with van der Waals surface area (Å²) >= 11 is 0. The molecule has 2 N–H and O–H groups in total. The molecule has 18 heavy (non-hydrogen) atoms. The van der Waals surface area contributed by atoms with Crippen LogP contribution in [0.3, 0.4) is 0 Å². The van der Waals surface area contributed by atoms with Gasteiger partial charge in [0.1, 0.15) is 0 Å². The minimum atomic E-state index is -3.21. The fourth-order valence-corrected chi connectivity index (χ4v) is 3.11. The Morgan fingerprint density at radius 2 is 1.67 bits per heavy atom. The first-order chi connectivity index (χ1) is 8.58. The molecule has 0 aromatic heterocycles. The monoisotopic (exact) mass is 282 g/mol. The Morgan fingerprint density at radius 1 is 1.00 bits per heavy atom. The Morgan fingerprint density at radius 3 is 2.22 bits per heavy atom. The molecule has 0 aromatic rings. The second kappa shape index (κ2) is 10.7. The highest BCUT2D eigenvalue weighted by Crippen LogP contribution is 2.06. The summed E-state index contributed by atoms with van der Waals surface area (Å²) < 4.78 is 35.5. The first kappa shape index (κ1) is 17.8. The van der Waals surface area contributed by atoms with Crippen molar-refractivity contribution in [1.82, 2.24) is 4.31 Å². The van der Waals surface area contributed by atoms with Crippen molar-refractivity contribution in [2.24, 2.45) is 5.73 Å². The van der Waals surface area contributed by atoms with Crippen molar-refractivity contribution in [2.75, 3.05) is 52.8 Å². The van der Waals surface area contributed by atoms with Crippen molar-refractivity contribution in [3.63, 3.8) is 0 Å². The Labute approximate surface area is 110 Å². The quantitative estimate of drug-likeness (QED) is 0.511. The predicted molar refractivity (Wildman–Crippen MR) is 72.0 cm³/mol. The summed E-state index contributed by atoms with van der Waals surface area (Å²) in [4.78, 5) is 0. The second-order valence-electron chi connectivity index (χ2n) is 4.05. The lowest BCUT2D eigenvalue weighted by molar-refractivity contribution is 0.164. The van der Waals surface area contributed by atoms with Crippen molar-refractivity contribution in [3.8, 4) is 0 Å². The minimum absolute atomic E-state index is 0.154. The molecular formula is C11H26N2O4S. The summed E-state index contributed by atoms with van der Waals surface area (Å²) in [6.07, 6.45) is 2.03. The highest BCUT2D eigenvalue weighted by atomic mass is 32.2. The van der Waals surface area contributed by atoms with E-state index in [2.05, 4.69) is 0 Å². The summed E-state index contributed by atoms with van der Waals surface area (Å²) in [5.41, 5.74) is 5.37. The van der Waals surface area contributed by atoms with Crippen LogP contribution >= 0.6 is 0 Å².